The van der Waals surface area contributed by atoms with E-state index in [-0.39, 0.29) is 11.6 Å². The van der Waals surface area contributed by atoms with Crippen LogP contribution in [0.5, 0.6) is 0 Å². The maximum Gasteiger partial charge on any atom is 0.159 e. The van der Waals surface area contributed by atoms with E-state index in [2.05, 4.69) is 4.98 Å². The third-order valence-corrected chi connectivity index (χ3v) is 3.29. The molecule has 0 atom stereocenters. The van der Waals surface area contributed by atoms with Crippen molar-refractivity contribution in [1.82, 2.24) is 9.55 Å². The minimum Gasteiger partial charge on any atom is -0.306 e. The number of halogens is 1. The van der Waals surface area contributed by atoms with Gasteiger partial charge in [0.25, 0.3) is 0 Å². The zero-order valence-corrected chi connectivity index (χ0v) is 11.5. The molecule has 21 heavy (non-hydrogen) atoms. The third kappa shape index (κ3) is 2.74. The Morgan fingerprint density at radius 2 is 1.71 bits per heavy atom. The first kappa shape index (κ1) is 13.2. The highest BCUT2D eigenvalue weighted by Gasteiger charge is 2.05. The van der Waals surface area contributed by atoms with Crippen LogP contribution in [-0.2, 0) is 0 Å². The van der Waals surface area contributed by atoms with Gasteiger partial charge in [0.2, 0.25) is 0 Å². The summed E-state index contributed by atoms with van der Waals surface area (Å²) in [6, 6.07) is 13.5. The molecule has 0 N–H and O–H groups in total. The number of benzene rings is 2. The van der Waals surface area contributed by atoms with Crippen molar-refractivity contribution < 1.29 is 9.18 Å². The third-order valence-electron chi connectivity index (χ3n) is 3.29. The first-order chi connectivity index (χ1) is 10.1. The van der Waals surface area contributed by atoms with Crippen molar-refractivity contribution in [3.63, 3.8) is 0 Å². The van der Waals surface area contributed by atoms with Crippen molar-refractivity contribution in [3.8, 4) is 16.9 Å². The summed E-state index contributed by atoms with van der Waals surface area (Å²) in [6.45, 7) is 1.54. The molecule has 0 aliphatic heterocycles. The van der Waals surface area contributed by atoms with Crippen LogP contribution in [0.3, 0.4) is 0 Å². The van der Waals surface area contributed by atoms with Crippen LogP contribution in [0.15, 0.2) is 61.1 Å². The summed E-state index contributed by atoms with van der Waals surface area (Å²) in [7, 11) is 0. The fourth-order valence-electron chi connectivity index (χ4n) is 2.10. The van der Waals surface area contributed by atoms with E-state index >= 15 is 0 Å². The minimum absolute atomic E-state index is 0.0409. The number of ketones is 1. The lowest BCUT2D eigenvalue weighted by Crippen LogP contribution is -1.94. The molecule has 0 radical (unpaired) electrons. The summed E-state index contributed by atoms with van der Waals surface area (Å²) < 4.78 is 14.8. The molecule has 3 rings (SSSR count). The predicted molar refractivity (Wildman–Crippen MR) is 79.0 cm³/mol. The Labute approximate surface area is 121 Å². The molecular formula is C17H13FN2O. The summed E-state index contributed by atoms with van der Waals surface area (Å²) in [5.41, 5.74) is 3.22. The molecule has 0 amide bonds. The number of carbonyl (C=O) groups excluding carboxylic acids is 1. The number of carbonyl (C=O) groups is 1. The largest absolute Gasteiger partial charge is 0.306 e. The molecule has 0 aliphatic rings. The van der Waals surface area contributed by atoms with Crippen molar-refractivity contribution in [2.75, 3.05) is 0 Å². The van der Waals surface area contributed by atoms with Gasteiger partial charge < -0.3 is 4.57 Å². The van der Waals surface area contributed by atoms with E-state index in [0.29, 0.717) is 5.56 Å². The zero-order chi connectivity index (χ0) is 14.8. The highest BCUT2D eigenvalue weighted by molar-refractivity contribution is 5.94. The van der Waals surface area contributed by atoms with E-state index in [4.69, 9.17) is 0 Å². The zero-order valence-electron chi connectivity index (χ0n) is 11.5. The van der Waals surface area contributed by atoms with E-state index in [1.165, 1.54) is 12.1 Å². The lowest BCUT2D eigenvalue weighted by atomic mass is 10.1. The highest BCUT2D eigenvalue weighted by atomic mass is 19.1. The number of nitrogens with zero attached hydrogens (tertiary/aromatic N) is 2. The van der Waals surface area contributed by atoms with Gasteiger partial charge >= 0.3 is 0 Å². The summed E-state index contributed by atoms with van der Waals surface area (Å²) >= 11 is 0. The van der Waals surface area contributed by atoms with Crippen molar-refractivity contribution in [3.05, 3.63) is 72.4 Å². The molecular weight excluding hydrogens is 267 g/mol. The van der Waals surface area contributed by atoms with E-state index in [0.717, 1.165) is 16.9 Å². The molecule has 3 nitrogen and oxygen atoms in total. The SMILES string of the molecule is CC(=O)c1ccc(-n2cnc(-c3ccc(F)cc3)c2)cc1. The highest BCUT2D eigenvalue weighted by Crippen LogP contribution is 2.19. The standard InChI is InChI=1S/C17H13FN2O/c1-12(21)13-4-8-16(9-5-13)20-10-17(19-11-20)14-2-6-15(18)7-3-14/h2-11H,1H3. The Morgan fingerprint density at radius 3 is 2.33 bits per heavy atom. The molecule has 1 aromatic heterocycles. The van der Waals surface area contributed by atoms with E-state index in [1.54, 1.807) is 37.5 Å². The molecule has 0 bridgehead atoms. The second-order valence-corrected chi connectivity index (χ2v) is 4.78. The van der Waals surface area contributed by atoms with Gasteiger partial charge in [0.1, 0.15) is 5.82 Å². The van der Waals surface area contributed by atoms with Crippen LogP contribution in [-0.4, -0.2) is 15.3 Å². The molecule has 2 aromatic carbocycles. The summed E-state index contributed by atoms with van der Waals surface area (Å²) in [6.07, 6.45) is 3.57. The van der Waals surface area contributed by atoms with Gasteiger partial charge in [0.15, 0.2) is 5.78 Å². The molecule has 0 aliphatic carbocycles. The number of hydrogen-bond donors (Lipinski definition) is 0. The van der Waals surface area contributed by atoms with Crippen LogP contribution in [0.4, 0.5) is 4.39 Å². The Balaban J connectivity index is 1.90. The van der Waals surface area contributed by atoms with Crippen LogP contribution in [0.25, 0.3) is 16.9 Å². The number of hydrogen-bond acceptors (Lipinski definition) is 2. The molecule has 1 heterocycles. The van der Waals surface area contributed by atoms with Crippen molar-refractivity contribution >= 4 is 5.78 Å². The minimum atomic E-state index is -0.266. The second-order valence-electron chi connectivity index (χ2n) is 4.78. The maximum absolute atomic E-state index is 12.9. The molecule has 4 heteroatoms. The van der Waals surface area contributed by atoms with Crippen LogP contribution in [0.1, 0.15) is 17.3 Å². The van der Waals surface area contributed by atoms with Crippen molar-refractivity contribution in [2.45, 2.75) is 6.92 Å². The molecule has 104 valence electrons. The van der Waals surface area contributed by atoms with E-state index < -0.39 is 0 Å². The van der Waals surface area contributed by atoms with Gasteiger partial charge in [-0.05, 0) is 55.5 Å². The van der Waals surface area contributed by atoms with Crippen LogP contribution >= 0.6 is 0 Å². The van der Waals surface area contributed by atoms with Gasteiger partial charge in [-0.2, -0.15) is 0 Å². The Morgan fingerprint density at radius 1 is 1.05 bits per heavy atom. The average molecular weight is 280 g/mol. The Bertz CT molecular complexity index is 773. The van der Waals surface area contributed by atoms with Gasteiger partial charge in [0.05, 0.1) is 12.0 Å². The van der Waals surface area contributed by atoms with Crippen LogP contribution in [0, 0.1) is 5.82 Å². The molecule has 0 unspecified atom stereocenters. The number of imidazole rings is 1. The smallest absolute Gasteiger partial charge is 0.159 e. The number of Topliss-reactive ketones (excluding diaryl/α,β-unsaturated/α-hetero) is 1. The Hall–Kier alpha value is -2.75. The van der Waals surface area contributed by atoms with E-state index in [1.807, 2.05) is 22.9 Å². The number of aromatic nitrogens is 2. The quantitative estimate of drug-likeness (QED) is 0.682. The molecule has 0 spiro atoms. The number of rotatable bonds is 3. The normalized spacial score (nSPS) is 10.6. The van der Waals surface area contributed by atoms with Gasteiger partial charge in [-0.15, -0.1) is 0 Å². The van der Waals surface area contributed by atoms with Gasteiger partial charge in [-0.25, -0.2) is 9.37 Å². The van der Waals surface area contributed by atoms with Crippen LogP contribution < -0.4 is 0 Å². The van der Waals surface area contributed by atoms with Gasteiger partial charge in [0, 0.05) is 23.0 Å². The first-order valence-corrected chi connectivity index (χ1v) is 6.55. The van der Waals surface area contributed by atoms with Crippen molar-refractivity contribution in [2.24, 2.45) is 0 Å². The van der Waals surface area contributed by atoms with Gasteiger partial charge in [-0.1, -0.05) is 0 Å². The van der Waals surface area contributed by atoms with E-state index in [9.17, 15) is 9.18 Å². The molecule has 0 saturated heterocycles. The van der Waals surface area contributed by atoms with Gasteiger partial charge in [-0.3, -0.25) is 4.79 Å². The van der Waals surface area contributed by atoms with Crippen molar-refractivity contribution in [1.29, 1.82) is 0 Å². The fraction of sp³-hybridized carbons (Fsp3) is 0.0588. The first-order valence-electron chi connectivity index (χ1n) is 6.55. The molecule has 0 fully saturated rings. The Kier molecular flexibility index (Phi) is 3.36. The average Bonchev–Trinajstić information content (AvgIpc) is 2.98. The maximum atomic E-state index is 12.9. The monoisotopic (exact) mass is 280 g/mol. The lowest BCUT2D eigenvalue weighted by molar-refractivity contribution is 0.101. The fourth-order valence-corrected chi connectivity index (χ4v) is 2.10. The van der Waals surface area contributed by atoms with Crippen LogP contribution in [0.2, 0.25) is 0 Å². The molecule has 3 aromatic rings. The predicted octanol–water partition coefficient (Wildman–Crippen LogP) is 3.88. The second kappa shape index (κ2) is 5.32. The lowest BCUT2D eigenvalue weighted by Gasteiger charge is -2.02. The topological polar surface area (TPSA) is 34.9 Å². The molecule has 0 saturated carbocycles. The summed E-state index contributed by atoms with van der Waals surface area (Å²) in [4.78, 5) is 15.6. The summed E-state index contributed by atoms with van der Waals surface area (Å²) in [5.74, 6) is -0.225. The summed E-state index contributed by atoms with van der Waals surface area (Å²) in [5, 5.41) is 0.